The van der Waals surface area contributed by atoms with E-state index >= 15 is 4.39 Å². The lowest BCUT2D eigenvalue weighted by Crippen LogP contribution is -2.48. The zero-order valence-electron chi connectivity index (χ0n) is 22.4. The molecule has 41 heavy (non-hydrogen) atoms. The molecule has 1 aliphatic rings. The fourth-order valence-electron chi connectivity index (χ4n) is 4.75. The molecule has 0 saturated carbocycles. The molecule has 1 saturated heterocycles. The Labute approximate surface area is 234 Å². The SMILES string of the molecule is C=CC(=O)N1CCC(Oc2cc3c(Nc4cc(-c5ccc(F)cc5F)ccc4OC)ncnc3cc2OC)[C@H](F)C1. The maximum atomic E-state index is 15.0. The van der Waals surface area contributed by atoms with Crippen LogP contribution < -0.4 is 19.5 Å². The van der Waals surface area contributed by atoms with Gasteiger partial charge in [0.1, 0.15) is 35.6 Å². The number of amides is 1. The molecule has 1 fully saturated rings. The Balaban J connectivity index is 1.48. The van der Waals surface area contributed by atoms with Crippen LogP contribution in [0.4, 0.5) is 24.7 Å². The zero-order chi connectivity index (χ0) is 29.1. The fourth-order valence-corrected chi connectivity index (χ4v) is 4.75. The van der Waals surface area contributed by atoms with Gasteiger partial charge in [-0.05, 0) is 42.0 Å². The molecule has 8 nitrogen and oxygen atoms in total. The minimum Gasteiger partial charge on any atom is -0.495 e. The standard InChI is InChI=1S/C30H27F3N4O4/c1-4-29(38)37-10-9-25(22(33)15-37)41-28-13-20-23(14-27(28)40-3)34-16-35-30(20)36-24-11-17(5-8-26(24)39-2)19-7-6-18(31)12-21(19)32/h4-8,11-14,16,22,25H,1,9-10,15H2,2-3H3,(H,34,35,36)/t22-,25?/m1/s1. The van der Waals surface area contributed by atoms with Crippen LogP contribution in [0.1, 0.15) is 6.42 Å². The van der Waals surface area contributed by atoms with Gasteiger partial charge in [0.05, 0.1) is 32.0 Å². The number of nitrogens with zero attached hydrogens (tertiary/aromatic N) is 3. The molecule has 212 valence electrons. The average molecular weight is 565 g/mol. The molecule has 0 aliphatic carbocycles. The number of carbonyl (C=O) groups is 1. The predicted molar refractivity (Wildman–Crippen MR) is 148 cm³/mol. The zero-order valence-corrected chi connectivity index (χ0v) is 22.4. The number of hydrogen-bond acceptors (Lipinski definition) is 7. The number of benzene rings is 3. The number of hydrogen-bond donors (Lipinski definition) is 1. The van der Waals surface area contributed by atoms with Gasteiger partial charge in [-0.15, -0.1) is 0 Å². The Kier molecular flexibility index (Phi) is 7.95. The van der Waals surface area contributed by atoms with Crippen LogP contribution in [0.25, 0.3) is 22.0 Å². The number of alkyl halides is 1. The van der Waals surface area contributed by atoms with Crippen LogP contribution in [0.15, 0.2) is 67.5 Å². The van der Waals surface area contributed by atoms with E-state index in [9.17, 15) is 13.6 Å². The lowest BCUT2D eigenvalue weighted by Gasteiger charge is -2.34. The number of carbonyl (C=O) groups excluding carboxylic acids is 1. The summed E-state index contributed by atoms with van der Waals surface area (Å²) in [5, 5.41) is 3.75. The van der Waals surface area contributed by atoms with Gasteiger partial charge in [-0.25, -0.2) is 23.1 Å². The largest absolute Gasteiger partial charge is 0.495 e. The maximum absolute atomic E-state index is 15.0. The van der Waals surface area contributed by atoms with E-state index in [-0.39, 0.29) is 30.2 Å². The molecular formula is C30H27F3N4O4. The van der Waals surface area contributed by atoms with Gasteiger partial charge in [-0.3, -0.25) is 4.79 Å². The van der Waals surface area contributed by atoms with Crippen LogP contribution >= 0.6 is 0 Å². The van der Waals surface area contributed by atoms with Gasteiger partial charge < -0.3 is 24.4 Å². The number of anilines is 2. The van der Waals surface area contributed by atoms with E-state index < -0.39 is 23.9 Å². The Morgan fingerprint density at radius 1 is 1.05 bits per heavy atom. The molecule has 0 bridgehead atoms. The van der Waals surface area contributed by atoms with Crippen molar-refractivity contribution in [2.45, 2.75) is 18.7 Å². The summed E-state index contributed by atoms with van der Waals surface area (Å²) in [6, 6.07) is 11.7. The van der Waals surface area contributed by atoms with Gasteiger partial charge in [-0.1, -0.05) is 12.6 Å². The molecule has 1 unspecified atom stereocenters. The Morgan fingerprint density at radius 2 is 1.85 bits per heavy atom. The maximum Gasteiger partial charge on any atom is 0.246 e. The monoisotopic (exact) mass is 564 g/mol. The van der Waals surface area contributed by atoms with Crippen LogP contribution in [-0.4, -0.2) is 60.4 Å². The first-order valence-corrected chi connectivity index (χ1v) is 12.8. The lowest BCUT2D eigenvalue weighted by atomic mass is 10.0. The van der Waals surface area contributed by atoms with Gasteiger partial charge in [0.2, 0.25) is 5.91 Å². The summed E-state index contributed by atoms with van der Waals surface area (Å²) in [4.78, 5) is 22.0. The molecule has 3 aromatic carbocycles. The van der Waals surface area contributed by atoms with Crippen LogP contribution in [0, 0.1) is 11.6 Å². The van der Waals surface area contributed by atoms with Gasteiger partial charge in [0.25, 0.3) is 0 Å². The lowest BCUT2D eigenvalue weighted by molar-refractivity contribution is -0.129. The molecule has 1 aromatic heterocycles. The normalized spacial score (nSPS) is 16.8. The first-order valence-electron chi connectivity index (χ1n) is 12.8. The number of likely N-dealkylation sites (tertiary alicyclic amines) is 1. The molecule has 0 radical (unpaired) electrons. The third-order valence-corrected chi connectivity index (χ3v) is 6.86. The molecule has 5 rings (SSSR count). The fraction of sp³-hybridized carbons (Fsp3) is 0.233. The molecule has 0 spiro atoms. The highest BCUT2D eigenvalue weighted by molar-refractivity contribution is 5.94. The van der Waals surface area contributed by atoms with Crippen molar-refractivity contribution in [1.29, 1.82) is 0 Å². The van der Waals surface area contributed by atoms with Crippen molar-refractivity contribution in [3.63, 3.8) is 0 Å². The molecule has 2 heterocycles. The highest BCUT2D eigenvalue weighted by atomic mass is 19.1. The second-order valence-electron chi connectivity index (χ2n) is 9.36. The minimum absolute atomic E-state index is 0.105. The van der Waals surface area contributed by atoms with Crippen molar-refractivity contribution >= 4 is 28.3 Å². The molecule has 11 heteroatoms. The number of ether oxygens (including phenoxy) is 3. The Hall–Kier alpha value is -4.80. The van der Waals surface area contributed by atoms with E-state index in [1.54, 1.807) is 30.3 Å². The topological polar surface area (TPSA) is 85.8 Å². The average Bonchev–Trinajstić information content (AvgIpc) is 2.97. The molecule has 2 atom stereocenters. The second-order valence-corrected chi connectivity index (χ2v) is 9.36. The van der Waals surface area contributed by atoms with Crippen molar-refractivity contribution in [2.75, 3.05) is 32.6 Å². The Morgan fingerprint density at radius 3 is 2.56 bits per heavy atom. The minimum atomic E-state index is -1.42. The van der Waals surface area contributed by atoms with E-state index in [0.29, 0.717) is 46.0 Å². The highest BCUT2D eigenvalue weighted by Crippen LogP contribution is 2.39. The summed E-state index contributed by atoms with van der Waals surface area (Å²) in [6.45, 7) is 3.68. The van der Waals surface area contributed by atoms with Crippen molar-refractivity contribution in [2.24, 2.45) is 0 Å². The number of methoxy groups -OCH3 is 2. The molecule has 1 amide bonds. The van der Waals surface area contributed by atoms with Crippen LogP contribution in [-0.2, 0) is 4.79 Å². The van der Waals surface area contributed by atoms with Crippen molar-refractivity contribution in [1.82, 2.24) is 14.9 Å². The second kappa shape index (κ2) is 11.7. The van der Waals surface area contributed by atoms with Crippen molar-refractivity contribution < 1.29 is 32.2 Å². The Bertz CT molecular complexity index is 1620. The van der Waals surface area contributed by atoms with Crippen molar-refractivity contribution in [3.05, 3.63) is 79.1 Å². The third-order valence-electron chi connectivity index (χ3n) is 6.86. The first kappa shape index (κ1) is 27.8. The van der Waals surface area contributed by atoms with Gasteiger partial charge >= 0.3 is 0 Å². The summed E-state index contributed by atoms with van der Waals surface area (Å²) in [5.41, 5.74) is 1.70. The quantitative estimate of drug-likeness (QED) is 0.269. The molecular weight excluding hydrogens is 537 g/mol. The summed E-state index contributed by atoms with van der Waals surface area (Å²) in [6.07, 6.45) is 0.581. The number of aromatic nitrogens is 2. The summed E-state index contributed by atoms with van der Waals surface area (Å²) >= 11 is 0. The number of piperidine rings is 1. The van der Waals surface area contributed by atoms with Gasteiger partial charge in [-0.2, -0.15) is 0 Å². The van der Waals surface area contributed by atoms with Crippen LogP contribution in [0.5, 0.6) is 17.2 Å². The predicted octanol–water partition coefficient (Wildman–Crippen LogP) is 5.84. The van der Waals surface area contributed by atoms with E-state index in [4.69, 9.17) is 14.2 Å². The summed E-state index contributed by atoms with van der Waals surface area (Å²) in [7, 11) is 2.96. The molecule has 4 aromatic rings. The van der Waals surface area contributed by atoms with Gasteiger partial charge in [0, 0.05) is 36.0 Å². The number of halogens is 3. The van der Waals surface area contributed by atoms with Gasteiger partial charge in [0.15, 0.2) is 17.7 Å². The number of fused-ring (bicyclic) bond motifs is 1. The van der Waals surface area contributed by atoms with Crippen LogP contribution in [0.3, 0.4) is 0 Å². The smallest absolute Gasteiger partial charge is 0.246 e. The first-order chi connectivity index (χ1) is 19.8. The number of rotatable bonds is 8. The van der Waals surface area contributed by atoms with Crippen LogP contribution in [0.2, 0.25) is 0 Å². The van der Waals surface area contributed by atoms with E-state index in [0.717, 1.165) is 12.1 Å². The molecule has 1 N–H and O–H groups in total. The van der Waals surface area contributed by atoms with E-state index in [2.05, 4.69) is 21.9 Å². The molecule has 1 aliphatic heterocycles. The third kappa shape index (κ3) is 5.74. The van der Waals surface area contributed by atoms with Crippen molar-refractivity contribution in [3.8, 4) is 28.4 Å². The van der Waals surface area contributed by atoms with E-state index in [1.165, 1.54) is 37.6 Å². The summed E-state index contributed by atoms with van der Waals surface area (Å²) in [5.74, 6) is -0.241. The highest BCUT2D eigenvalue weighted by Gasteiger charge is 2.33. The number of nitrogens with one attached hydrogen (secondary N) is 1. The van der Waals surface area contributed by atoms with E-state index in [1.807, 2.05) is 0 Å². The summed E-state index contributed by atoms with van der Waals surface area (Å²) < 4.78 is 60.1.